The first-order valence-corrected chi connectivity index (χ1v) is 12.8. The Kier molecular flexibility index (Phi) is 9.03. The van der Waals surface area contributed by atoms with Gasteiger partial charge in [-0.05, 0) is 56.3 Å². The molecule has 0 atom stereocenters. The molecule has 5 nitrogen and oxygen atoms in total. The SMILES string of the molecule is CCOCOc1ccc2nc(NC(=O)c3cccc([I+]c4ccc(C)cc4)c3)sc2c1.[Br-]. The first kappa shape index (κ1) is 24.6. The zero-order valence-corrected chi connectivity index (χ0v) is 22.2. The van der Waals surface area contributed by atoms with Gasteiger partial charge in [-0.15, -0.1) is 0 Å². The van der Waals surface area contributed by atoms with Crippen molar-refractivity contribution in [2.24, 2.45) is 0 Å². The van der Waals surface area contributed by atoms with Crippen LogP contribution >= 0.6 is 11.3 Å². The summed E-state index contributed by atoms with van der Waals surface area (Å²) in [5.41, 5.74) is 2.72. The molecule has 32 heavy (non-hydrogen) atoms. The summed E-state index contributed by atoms with van der Waals surface area (Å²) >= 11 is 1.09. The summed E-state index contributed by atoms with van der Waals surface area (Å²) in [6.07, 6.45) is 0. The first-order chi connectivity index (χ1) is 15.1. The number of fused-ring (bicyclic) bond motifs is 1. The van der Waals surface area contributed by atoms with E-state index >= 15 is 0 Å². The summed E-state index contributed by atoms with van der Waals surface area (Å²) in [5, 5.41) is 3.50. The van der Waals surface area contributed by atoms with Crippen molar-refractivity contribution in [1.82, 2.24) is 4.98 Å². The van der Waals surface area contributed by atoms with E-state index in [-0.39, 0.29) is 50.9 Å². The van der Waals surface area contributed by atoms with Crippen LogP contribution in [0.1, 0.15) is 22.8 Å². The van der Waals surface area contributed by atoms with Crippen molar-refractivity contribution >= 4 is 32.6 Å². The number of carbonyl (C=O) groups excluding carboxylic acids is 1. The maximum atomic E-state index is 12.8. The average molecular weight is 625 g/mol. The number of aromatic nitrogens is 1. The third-order valence-corrected chi connectivity index (χ3v) is 7.98. The van der Waals surface area contributed by atoms with Gasteiger partial charge >= 0.3 is 21.2 Å². The topological polar surface area (TPSA) is 60.5 Å². The summed E-state index contributed by atoms with van der Waals surface area (Å²) in [7, 11) is 0. The van der Waals surface area contributed by atoms with Crippen LogP contribution in [0.25, 0.3) is 10.2 Å². The molecular weight excluding hydrogens is 603 g/mol. The van der Waals surface area contributed by atoms with E-state index in [0.717, 1.165) is 16.0 Å². The Labute approximate surface area is 212 Å². The van der Waals surface area contributed by atoms with Gasteiger partial charge in [-0.2, -0.15) is 0 Å². The van der Waals surface area contributed by atoms with E-state index in [0.29, 0.717) is 17.3 Å². The fourth-order valence-corrected chi connectivity index (χ4v) is 6.03. The molecule has 3 aromatic carbocycles. The molecule has 0 saturated carbocycles. The number of thiazole rings is 1. The number of amides is 1. The van der Waals surface area contributed by atoms with Gasteiger partial charge in [0.1, 0.15) is 5.75 Å². The van der Waals surface area contributed by atoms with Gasteiger partial charge in [0, 0.05) is 18.2 Å². The van der Waals surface area contributed by atoms with E-state index < -0.39 is 0 Å². The van der Waals surface area contributed by atoms with Crippen LogP contribution < -0.4 is 48.2 Å². The smallest absolute Gasteiger partial charge is 0.357 e. The lowest BCUT2D eigenvalue weighted by Crippen LogP contribution is -3.61. The van der Waals surface area contributed by atoms with Gasteiger partial charge in [0.2, 0.25) is 0 Å². The monoisotopic (exact) mass is 624 g/mol. The van der Waals surface area contributed by atoms with Crippen LogP contribution in [0.4, 0.5) is 5.13 Å². The number of aryl methyl sites for hydroxylation is 1. The minimum atomic E-state index is -0.331. The number of carbonyl (C=O) groups is 1. The highest BCUT2D eigenvalue weighted by molar-refractivity contribution is 7.22. The van der Waals surface area contributed by atoms with E-state index in [2.05, 4.69) is 47.6 Å². The van der Waals surface area contributed by atoms with Gasteiger partial charge in [0.15, 0.2) is 19.1 Å². The summed E-state index contributed by atoms with van der Waals surface area (Å²) in [6, 6.07) is 22.1. The predicted octanol–water partition coefficient (Wildman–Crippen LogP) is -0.638. The normalized spacial score (nSPS) is 10.6. The number of nitrogens with one attached hydrogen (secondary N) is 1. The Morgan fingerprint density at radius 2 is 1.88 bits per heavy atom. The van der Waals surface area contributed by atoms with Gasteiger partial charge in [-0.3, -0.25) is 10.1 Å². The second-order valence-electron chi connectivity index (χ2n) is 6.76. The van der Waals surface area contributed by atoms with E-state index in [1.807, 2.05) is 43.3 Å². The van der Waals surface area contributed by atoms with E-state index in [1.165, 1.54) is 24.0 Å². The van der Waals surface area contributed by atoms with Crippen molar-refractivity contribution in [3.63, 3.8) is 0 Å². The minimum absolute atomic E-state index is 0. The zero-order chi connectivity index (χ0) is 21.6. The Bertz CT molecular complexity index is 1200. The van der Waals surface area contributed by atoms with Crippen molar-refractivity contribution in [3.8, 4) is 5.75 Å². The van der Waals surface area contributed by atoms with Crippen LogP contribution in [0.2, 0.25) is 0 Å². The second-order valence-corrected chi connectivity index (χ2v) is 10.8. The molecule has 0 spiro atoms. The molecule has 0 aliphatic heterocycles. The molecule has 1 N–H and O–H groups in total. The van der Waals surface area contributed by atoms with Gasteiger partial charge < -0.3 is 26.5 Å². The van der Waals surface area contributed by atoms with Crippen molar-refractivity contribution in [2.45, 2.75) is 13.8 Å². The van der Waals surface area contributed by atoms with Crippen molar-refractivity contribution in [3.05, 3.63) is 85.0 Å². The Morgan fingerprint density at radius 1 is 1.06 bits per heavy atom. The van der Waals surface area contributed by atoms with Crippen LogP contribution in [-0.2, 0) is 4.74 Å². The molecule has 0 bridgehead atoms. The summed E-state index contributed by atoms with van der Waals surface area (Å²) in [4.78, 5) is 17.3. The molecule has 8 heteroatoms. The number of benzene rings is 3. The first-order valence-electron chi connectivity index (χ1n) is 9.85. The van der Waals surface area contributed by atoms with Gasteiger partial charge in [-0.1, -0.05) is 35.1 Å². The van der Waals surface area contributed by atoms with E-state index in [9.17, 15) is 4.79 Å². The van der Waals surface area contributed by atoms with E-state index in [1.54, 1.807) is 0 Å². The van der Waals surface area contributed by atoms with Crippen LogP contribution in [0, 0.1) is 14.1 Å². The molecule has 1 amide bonds. The van der Waals surface area contributed by atoms with Crippen LogP contribution in [0.5, 0.6) is 5.75 Å². The van der Waals surface area contributed by atoms with Gasteiger partial charge in [0.05, 0.1) is 10.2 Å². The molecule has 0 aliphatic rings. The number of halogens is 2. The summed E-state index contributed by atoms with van der Waals surface area (Å²) in [6.45, 7) is 4.83. The lowest BCUT2D eigenvalue weighted by Gasteiger charge is -2.04. The van der Waals surface area contributed by atoms with Gasteiger partial charge in [0.25, 0.3) is 5.91 Å². The summed E-state index contributed by atoms with van der Waals surface area (Å²) < 4.78 is 14.3. The number of hydrogen-bond acceptors (Lipinski definition) is 5. The van der Waals surface area contributed by atoms with E-state index in [4.69, 9.17) is 9.47 Å². The maximum Gasteiger partial charge on any atom is 0.357 e. The Hall–Kier alpha value is -2.01. The van der Waals surface area contributed by atoms with Crippen LogP contribution in [-0.4, -0.2) is 24.3 Å². The molecule has 0 aliphatic carbocycles. The zero-order valence-electron chi connectivity index (χ0n) is 17.6. The molecule has 0 unspecified atom stereocenters. The molecule has 0 saturated heterocycles. The number of hydrogen-bond donors (Lipinski definition) is 1. The largest absolute Gasteiger partial charge is 1.00 e. The standard InChI is InChI=1S/C24H21IN2O3S.BrH/c1-3-29-15-30-20-11-12-21-22(14-20)31-24(26-21)27-23(28)17-5-4-6-19(13-17)25-18-9-7-16(2)8-10-18;/h4-14H,3,15H2,1-2H3;1H. The molecule has 0 radical (unpaired) electrons. The lowest BCUT2D eigenvalue weighted by atomic mass is 10.2. The number of rotatable bonds is 8. The molecule has 0 fully saturated rings. The third kappa shape index (κ3) is 6.50. The number of nitrogens with zero attached hydrogens (tertiary/aromatic N) is 1. The van der Waals surface area contributed by atoms with Crippen molar-refractivity contribution in [2.75, 3.05) is 18.7 Å². The minimum Gasteiger partial charge on any atom is -1.00 e. The third-order valence-electron chi connectivity index (χ3n) is 4.41. The van der Waals surface area contributed by atoms with Crippen molar-refractivity contribution < 1.29 is 52.5 Å². The highest BCUT2D eigenvalue weighted by Gasteiger charge is 2.18. The Morgan fingerprint density at radius 3 is 2.66 bits per heavy atom. The average Bonchev–Trinajstić information content (AvgIpc) is 3.17. The highest BCUT2D eigenvalue weighted by Crippen LogP contribution is 2.29. The fraction of sp³-hybridized carbons (Fsp3) is 0.167. The molecular formula is C24H22BrIN2O3S. The lowest BCUT2D eigenvalue weighted by molar-refractivity contribution is -0.597. The molecule has 1 heterocycles. The second kappa shape index (κ2) is 11.7. The number of ether oxygens (including phenoxy) is 2. The molecule has 4 aromatic rings. The maximum absolute atomic E-state index is 12.8. The fourth-order valence-electron chi connectivity index (χ4n) is 2.82. The predicted molar refractivity (Wildman–Crippen MR) is 120 cm³/mol. The molecule has 166 valence electrons. The van der Waals surface area contributed by atoms with Gasteiger partial charge in [-0.25, -0.2) is 4.98 Å². The molecule has 4 rings (SSSR count). The summed E-state index contributed by atoms with van der Waals surface area (Å²) in [5.74, 6) is 0.567. The van der Waals surface area contributed by atoms with Crippen molar-refractivity contribution in [1.29, 1.82) is 0 Å². The quantitative estimate of drug-likeness (QED) is 0.161. The number of anilines is 1. The van der Waals surface area contributed by atoms with Crippen LogP contribution in [0.15, 0.2) is 66.7 Å². The Balaban J connectivity index is 0.00000289. The highest BCUT2D eigenvalue weighted by atomic mass is 127. The van der Waals surface area contributed by atoms with Crippen LogP contribution in [0.3, 0.4) is 0 Å². The molecule has 1 aromatic heterocycles.